The van der Waals surface area contributed by atoms with Gasteiger partial charge in [0.05, 0.1) is 0 Å². The van der Waals surface area contributed by atoms with Gasteiger partial charge in [0.15, 0.2) is 0 Å². The number of nitrogens with zero attached hydrogens (tertiary/aromatic N) is 1. The Morgan fingerprint density at radius 1 is 1.20 bits per heavy atom. The van der Waals surface area contributed by atoms with E-state index in [0.29, 0.717) is 23.5 Å². The van der Waals surface area contributed by atoms with Crippen molar-refractivity contribution in [2.45, 2.75) is 48.5 Å². The van der Waals surface area contributed by atoms with E-state index in [-0.39, 0.29) is 11.8 Å². The smallest absolute Gasteiger partial charge is 0.234 e. The molecule has 0 N–H and O–H groups in total. The number of fused-ring (bicyclic) bond motifs is 3. The van der Waals surface area contributed by atoms with Gasteiger partial charge in [0.1, 0.15) is 18.3 Å². The molecule has 0 aliphatic carbocycles. The molecule has 0 spiro atoms. The SMILES string of the molecule is O=C(C1COc2ccccc21)N1C2CCC1CC(Br)C2. The summed E-state index contributed by atoms with van der Waals surface area (Å²) in [4.78, 5) is 15.7. The fourth-order valence-corrected chi connectivity index (χ4v) is 4.88. The molecule has 3 nitrogen and oxygen atoms in total. The zero-order chi connectivity index (χ0) is 13.7. The van der Waals surface area contributed by atoms with Crippen LogP contribution < -0.4 is 4.74 Å². The first-order valence-electron chi connectivity index (χ1n) is 7.42. The number of piperidine rings is 1. The minimum atomic E-state index is -0.0961. The molecule has 0 aromatic heterocycles. The molecule has 1 aromatic carbocycles. The highest BCUT2D eigenvalue weighted by Gasteiger charge is 2.45. The molecular formula is C16H18BrNO2. The van der Waals surface area contributed by atoms with Gasteiger partial charge in [-0.05, 0) is 31.7 Å². The second-order valence-electron chi connectivity index (χ2n) is 6.10. The molecule has 1 amide bonds. The van der Waals surface area contributed by atoms with Crippen molar-refractivity contribution in [2.75, 3.05) is 6.61 Å². The predicted molar refractivity (Wildman–Crippen MR) is 80.3 cm³/mol. The van der Waals surface area contributed by atoms with Crippen LogP contribution in [0.3, 0.4) is 0 Å². The van der Waals surface area contributed by atoms with E-state index < -0.39 is 0 Å². The molecular weight excluding hydrogens is 318 g/mol. The van der Waals surface area contributed by atoms with Crippen LogP contribution in [0.5, 0.6) is 5.75 Å². The summed E-state index contributed by atoms with van der Waals surface area (Å²) in [5, 5.41) is 0. The third-order valence-corrected chi connectivity index (χ3v) is 5.68. The van der Waals surface area contributed by atoms with Crippen molar-refractivity contribution in [3.63, 3.8) is 0 Å². The van der Waals surface area contributed by atoms with E-state index in [4.69, 9.17) is 4.74 Å². The van der Waals surface area contributed by atoms with Crippen LogP contribution in [0, 0.1) is 0 Å². The fourth-order valence-electron chi connectivity index (χ4n) is 4.02. The molecule has 3 unspecified atom stereocenters. The summed E-state index contributed by atoms with van der Waals surface area (Å²) in [5.41, 5.74) is 1.07. The average molecular weight is 336 g/mol. The average Bonchev–Trinajstić information content (AvgIpc) is 2.98. The van der Waals surface area contributed by atoms with Crippen LogP contribution in [0.4, 0.5) is 0 Å². The standard InChI is InChI=1S/C16H18BrNO2/c17-10-7-11-5-6-12(8-10)18(11)16(19)14-9-20-15-4-2-1-3-13(14)15/h1-4,10-12,14H,5-9H2. The van der Waals surface area contributed by atoms with E-state index in [1.54, 1.807) is 0 Å². The third-order valence-electron chi connectivity index (χ3n) is 4.93. The molecule has 4 rings (SSSR count). The molecule has 1 aromatic rings. The Hall–Kier alpha value is -1.03. The summed E-state index contributed by atoms with van der Waals surface area (Å²) >= 11 is 3.73. The first kappa shape index (κ1) is 12.7. The molecule has 2 fully saturated rings. The minimum absolute atomic E-state index is 0.0961. The topological polar surface area (TPSA) is 29.5 Å². The summed E-state index contributed by atoms with van der Waals surface area (Å²) in [6.45, 7) is 0.506. The van der Waals surface area contributed by atoms with Crippen molar-refractivity contribution in [3.8, 4) is 5.75 Å². The van der Waals surface area contributed by atoms with Gasteiger partial charge < -0.3 is 9.64 Å². The number of carbonyl (C=O) groups excluding carboxylic acids is 1. The van der Waals surface area contributed by atoms with Gasteiger partial charge in [-0.15, -0.1) is 0 Å². The lowest BCUT2D eigenvalue weighted by molar-refractivity contribution is -0.137. The monoisotopic (exact) mass is 335 g/mol. The second-order valence-corrected chi connectivity index (χ2v) is 7.40. The van der Waals surface area contributed by atoms with E-state index in [9.17, 15) is 4.79 Å². The van der Waals surface area contributed by atoms with Crippen molar-refractivity contribution in [2.24, 2.45) is 0 Å². The molecule has 106 valence electrons. The second kappa shape index (κ2) is 4.76. The van der Waals surface area contributed by atoms with Gasteiger partial charge in [-0.3, -0.25) is 4.79 Å². The molecule has 3 atom stereocenters. The van der Waals surface area contributed by atoms with Gasteiger partial charge in [0, 0.05) is 22.5 Å². The van der Waals surface area contributed by atoms with Crippen molar-refractivity contribution in [1.29, 1.82) is 0 Å². The Labute approximate surface area is 127 Å². The highest BCUT2D eigenvalue weighted by Crippen LogP contribution is 2.42. The molecule has 4 heteroatoms. The number of hydrogen-bond donors (Lipinski definition) is 0. The maximum atomic E-state index is 13.0. The molecule has 0 radical (unpaired) electrons. The Balaban J connectivity index is 1.60. The highest BCUT2D eigenvalue weighted by molar-refractivity contribution is 9.09. The van der Waals surface area contributed by atoms with Gasteiger partial charge in [-0.1, -0.05) is 34.1 Å². The normalized spacial score (nSPS) is 34.8. The maximum absolute atomic E-state index is 13.0. The summed E-state index contributed by atoms with van der Waals surface area (Å²) in [5.74, 6) is 1.07. The Morgan fingerprint density at radius 2 is 1.90 bits per heavy atom. The lowest BCUT2D eigenvalue weighted by Gasteiger charge is -2.38. The van der Waals surface area contributed by atoms with E-state index >= 15 is 0 Å². The van der Waals surface area contributed by atoms with Gasteiger partial charge in [0.2, 0.25) is 5.91 Å². The van der Waals surface area contributed by atoms with E-state index in [1.807, 2.05) is 24.3 Å². The van der Waals surface area contributed by atoms with Crippen LogP contribution in [-0.2, 0) is 4.79 Å². The molecule has 0 saturated carbocycles. The van der Waals surface area contributed by atoms with Crippen molar-refractivity contribution < 1.29 is 9.53 Å². The number of hydrogen-bond acceptors (Lipinski definition) is 2. The highest BCUT2D eigenvalue weighted by atomic mass is 79.9. The number of alkyl halides is 1. The summed E-state index contributed by atoms with van der Waals surface area (Å²) in [6.07, 6.45) is 4.51. The number of rotatable bonds is 1. The van der Waals surface area contributed by atoms with Gasteiger partial charge in [0.25, 0.3) is 0 Å². The molecule has 20 heavy (non-hydrogen) atoms. The Bertz CT molecular complexity index is 533. The number of para-hydroxylation sites is 1. The minimum Gasteiger partial charge on any atom is -0.492 e. The molecule has 3 aliphatic rings. The van der Waals surface area contributed by atoms with Crippen LogP contribution in [0.2, 0.25) is 0 Å². The van der Waals surface area contributed by atoms with E-state index in [0.717, 1.165) is 37.0 Å². The van der Waals surface area contributed by atoms with Gasteiger partial charge in [-0.2, -0.15) is 0 Å². The van der Waals surface area contributed by atoms with E-state index in [2.05, 4.69) is 20.8 Å². The maximum Gasteiger partial charge on any atom is 0.234 e. The van der Waals surface area contributed by atoms with Crippen LogP contribution in [0.15, 0.2) is 24.3 Å². The van der Waals surface area contributed by atoms with Crippen LogP contribution in [0.25, 0.3) is 0 Å². The largest absolute Gasteiger partial charge is 0.492 e. The van der Waals surface area contributed by atoms with Gasteiger partial charge in [-0.25, -0.2) is 0 Å². The summed E-state index contributed by atoms with van der Waals surface area (Å²) < 4.78 is 5.68. The molecule has 2 saturated heterocycles. The first-order valence-corrected chi connectivity index (χ1v) is 8.33. The van der Waals surface area contributed by atoms with Gasteiger partial charge >= 0.3 is 0 Å². The number of ether oxygens (including phenoxy) is 1. The first-order chi connectivity index (χ1) is 9.74. The van der Waals surface area contributed by atoms with Crippen LogP contribution in [0.1, 0.15) is 37.2 Å². The number of halogens is 1. The summed E-state index contributed by atoms with van der Waals surface area (Å²) in [6, 6.07) is 8.81. The summed E-state index contributed by atoms with van der Waals surface area (Å²) in [7, 11) is 0. The Morgan fingerprint density at radius 3 is 2.65 bits per heavy atom. The van der Waals surface area contributed by atoms with Crippen LogP contribution >= 0.6 is 15.9 Å². The van der Waals surface area contributed by atoms with Crippen molar-refractivity contribution in [3.05, 3.63) is 29.8 Å². The van der Waals surface area contributed by atoms with E-state index in [1.165, 1.54) is 0 Å². The Kier molecular flexibility index (Phi) is 3.02. The molecule has 3 aliphatic heterocycles. The van der Waals surface area contributed by atoms with Crippen molar-refractivity contribution >= 4 is 21.8 Å². The number of carbonyl (C=O) groups is 1. The lowest BCUT2D eigenvalue weighted by atomic mass is 9.95. The zero-order valence-corrected chi connectivity index (χ0v) is 12.9. The van der Waals surface area contributed by atoms with Crippen molar-refractivity contribution in [1.82, 2.24) is 4.90 Å². The number of amides is 1. The number of benzene rings is 1. The molecule has 2 bridgehead atoms. The lowest BCUT2D eigenvalue weighted by Crippen LogP contribution is -2.48. The van der Waals surface area contributed by atoms with Crippen LogP contribution in [-0.4, -0.2) is 34.3 Å². The zero-order valence-electron chi connectivity index (χ0n) is 11.3. The molecule has 3 heterocycles. The fraction of sp³-hybridized carbons (Fsp3) is 0.562. The quantitative estimate of drug-likeness (QED) is 0.738. The third kappa shape index (κ3) is 1.88. The predicted octanol–water partition coefficient (Wildman–Crippen LogP) is 3.08.